The lowest BCUT2D eigenvalue weighted by atomic mass is 9.92. The van der Waals surface area contributed by atoms with Crippen molar-refractivity contribution in [2.24, 2.45) is 0 Å². The van der Waals surface area contributed by atoms with Crippen LogP contribution in [-0.4, -0.2) is 37.6 Å². The van der Waals surface area contributed by atoms with Gasteiger partial charge in [-0.2, -0.15) is 0 Å². The number of nitrogens with zero attached hydrogens (tertiary/aromatic N) is 1. The summed E-state index contributed by atoms with van der Waals surface area (Å²) in [7, 11) is 3.43. The minimum Gasteiger partial charge on any atom is -0.493 e. The molecule has 3 rings (SSSR count). The Balaban J connectivity index is 1.88. The highest BCUT2D eigenvalue weighted by Gasteiger charge is 2.26. The first kappa shape index (κ1) is 21.2. The van der Waals surface area contributed by atoms with Crippen molar-refractivity contribution in [3.8, 4) is 11.5 Å². The highest BCUT2D eigenvalue weighted by Crippen LogP contribution is 2.33. The molecule has 0 spiro atoms. The molecule has 1 heterocycles. The highest BCUT2D eigenvalue weighted by atomic mass is 16.5. The predicted octanol–water partition coefficient (Wildman–Crippen LogP) is 5.75. The zero-order chi connectivity index (χ0) is 20.5. The average Bonchev–Trinajstić information content (AvgIpc) is 2.77. The Bertz CT molecular complexity index is 853. The van der Waals surface area contributed by atoms with Crippen LogP contribution in [0.3, 0.4) is 0 Å². The van der Waals surface area contributed by atoms with Crippen molar-refractivity contribution in [2.45, 2.75) is 45.4 Å². The molecule has 0 radical (unpaired) electrons. The number of fused-ring (bicyclic) bond motifs is 1. The molecule has 1 aliphatic heterocycles. The predicted molar refractivity (Wildman–Crippen MR) is 122 cm³/mol. The molecule has 154 valence electrons. The molecule has 0 bridgehead atoms. The Labute approximate surface area is 175 Å². The van der Waals surface area contributed by atoms with Gasteiger partial charge in [-0.3, -0.25) is 0 Å². The molecule has 2 aromatic rings. The van der Waals surface area contributed by atoms with Crippen molar-refractivity contribution in [1.29, 1.82) is 0 Å². The maximum absolute atomic E-state index is 5.60. The Morgan fingerprint density at radius 1 is 0.966 bits per heavy atom. The Morgan fingerprint density at radius 3 is 2.45 bits per heavy atom. The minimum atomic E-state index is 0.819. The van der Waals surface area contributed by atoms with Gasteiger partial charge in [-0.05, 0) is 35.8 Å². The molecule has 0 aliphatic carbocycles. The number of unbranched alkanes of at least 4 members (excludes halogenated alkanes) is 3. The Morgan fingerprint density at radius 2 is 1.72 bits per heavy atom. The van der Waals surface area contributed by atoms with Crippen LogP contribution < -0.4 is 9.47 Å². The molecule has 0 aromatic heterocycles. The maximum atomic E-state index is 5.60. The Hall–Kier alpha value is -2.55. The van der Waals surface area contributed by atoms with E-state index in [0.717, 1.165) is 37.4 Å². The molecule has 3 nitrogen and oxygen atoms in total. The summed E-state index contributed by atoms with van der Waals surface area (Å²) in [5, 5.41) is 0. The first-order valence-corrected chi connectivity index (χ1v) is 10.8. The lowest BCUT2D eigenvalue weighted by Crippen LogP contribution is -2.30. The van der Waals surface area contributed by atoms with Crippen LogP contribution in [0.15, 0.2) is 48.5 Å². The number of hydrogen-bond acceptors (Lipinski definition) is 2. The molecule has 0 amide bonds. The lowest BCUT2D eigenvalue weighted by Gasteiger charge is -2.20. The molecule has 0 N–H and O–H groups in total. The van der Waals surface area contributed by atoms with Gasteiger partial charge in [-0.1, -0.05) is 62.6 Å². The van der Waals surface area contributed by atoms with Crippen LogP contribution in [0.2, 0.25) is 0 Å². The summed E-state index contributed by atoms with van der Waals surface area (Å²) >= 11 is 0. The molecule has 0 fully saturated rings. The lowest BCUT2D eigenvalue weighted by molar-refractivity contribution is -0.519. The summed E-state index contributed by atoms with van der Waals surface area (Å²) in [5.74, 6) is 1.65. The molecule has 2 aromatic carbocycles. The summed E-state index contributed by atoms with van der Waals surface area (Å²) in [6, 6.07) is 14.9. The summed E-state index contributed by atoms with van der Waals surface area (Å²) < 4.78 is 13.7. The van der Waals surface area contributed by atoms with Crippen molar-refractivity contribution >= 4 is 11.8 Å². The van der Waals surface area contributed by atoms with Crippen LogP contribution in [0.4, 0.5) is 0 Å². The van der Waals surface area contributed by atoms with Gasteiger partial charge in [0, 0.05) is 18.4 Å². The van der Waals surface area contributed by atoms with Crippen molar-refractivity contribution in [3.05, 3.63) is 65.2 Å². The van der Waals surface area contributed by atoms with Crippen molar-refractivity contribution in [2.75, 3.05) is 27.3 Å². The van der Waals surface area contributed by atoms with E-state index in [9.17, 15) is 0 Å². The van der Waals surface area contributed by atoms with Gasteiger partial charge < -0.3 is 9.47 Å². The second-order valence-corrected chi connectivity index (χ2v) is 7.63. The van der Waals surface area contributed by atoms with Gasteiger partial charge in [0.05, 0.1) is 14.2 Å². The number of rotatable bonds is 10. The van der Waals surface area contributed by atoms with Gasteiger partial charge in [0.1, 0.15) is 6.54 Å². The number of benzene rings is 2. The van der Waals surface area contributed by atoms with E-state index < -0.39 is 0 Å². The molecule has 0 unspecified atom stereocenters. The van der Waals surface area contributed by atoms with Gasteiger partial charge in [0.2, 0.25) is 0 Å². The third-order valence-electron chi connectivity index (χ3n) is 5.66. The fourth-order valence-electron chi connectivity index (χ4n) is 4.05. The van der Waals surface area contributed by atoms with Crippen LogP contribution in [-0.2, 0) is 6.42 Å². The quantitative estimate of drug-likeness (QED) is 0.379. The SMILES string of the molecule is CCCCCCC1=[N+](C/C=C/c2ccccc2)CCc2cc(OC)c(OC)cc21. The highest BCUT2D eigenvalue weighted by molar-refractivity contribution is 5.99. The summed E-state index contributed by atoms with van der Waals surface area (Å²) in [6.45, 7) is 4.25. The van der Waals surface area contributed by atoms with E-state index in [0.29, 0.717) is 0 Å². The largest absolute Gasteiger partial charge is 0.493 e. The Kier molecular flexibility index (Phi) is 7.92. The van der Waals surface area contributed by atoms with Gasteiger partial charge >= 0.3 is 0 Å². The van der Waals surface area contributed by atoms with Gasteiger partial charge in [-0.15, -0.1) is 0 Å². The molecule has 0 saturated carbocycles. The standard InChI is InChI=1S/C26H34NO2/c1-4-5-6-10-15-24-23-20-26(29-3)25(28-2)19-22(23)16-18-27(24)17-11-14-21-12-8-7-9-13-21/h7-9,11-14,19-20H,4-6,10,15-18H2,1-3H3/q+1/b14-11+. The number of methoxy groups -OCH3 is 2. The fourth-order valence-corrected chi connectivity index (χ4v) is 4.05. The normalized spacial score (nSPS) is 13.6. The zero-order valence-corrected chi connectivity index (χ0v) is 18.1. The number of hydrogen-bond donors (Lipinski definition) is 0. The van der Waals surface area contributed by atoms with Crippen molar-refractivity contribution in [1.82, 2.24) is 0 Å². The fraction of sp³-hybridized carbons (Fsp3) is 0.423. The third kappa shape index (κ3) is 5.50. The van der Waals surface area contributed by atoms with E-state index in [4.69, 9.17) is 9.47 Å². The summed E-state index contributed by atoms with van der Waals surface area (Å²) in [5.41, 5.74) is 5.40. The second kappa shape index (κ2) is 10.8. The van der Waals surface area contributed by atoms with Crippen LogP contribution in [0.25, 0.3) is 6.08 Å². The van der Waals surface area contributed by atoms with E-state index in [1.54, 1.807) is 14.2 Å². The van der Waals surface area contributed by atoms with E-state index >= 15 is 0 Å². The topological polar surface area (TPSA) is 21.5 Å². The van der Waals surface area contributed by atoms with E-state index in [2.05, 4.69) is 66.1 Å². The molecule has 0 atom stereocenters. The van der Waals surface area contributed by atoms with Crippen molar-refractivity contribution in [3.63, 3.8) is 0 Å². The van der Waals surface area contributed by atoms with Gasteiger partial charge in [0.25, 0.3) is 0 Å². The molecule has 29 heavy (non-hydrogen) atoms. The van der Waals surface area contributed by atoms with Crippen LogP contribution >= 0.6 is 0 Å². The minimum absolute atomic E-state index is 0.819. The van der Waals surface area contributed by atoms with Gasteiger partial charge in [-0.25, -0.2) is 4.58 Å². The summed E-state index contributed by atoms with van der Waals surface area (Å²) in [6.07, 6.45) is 11.7. The van der Waals surface area contributed by atoms with Crippen LogP contribution in [0.1, 0.15) is 55.7 Å². The average molecular weight is 393 g/mol. The molecular formula is C26H34NO2+. The first-order chi connectivity index (χ1) is 14.3. The van der Waals surface area contributed by atoms with Gasteiger partial charge in [0.15, 0.2) is 23.8 Å². The zero-order valence-electron chi connectivity index (χ0n) is 18.1. The number of ether oxygens (including phenoxy) is 2. The summed E-state index contributed by atoms with van der Waals surface area (Å²) in [4.78, 5) is 0. The molecular weight excluding hydrogens is 358 g/mol. The van der Waals surface area contributed by atoms with E-state index in [-0.39, 0.29) is 0 Å². The van der Waals surface area contributed by atoms with Crippen molar-refractivity contribution < 1.29 is 14.0 Å². The van der Waals surface area contributed by atoms with Crippen LogP contribution in [0, 0.1) is 0 Å². The molecule has 0 saturated heterocycles. The smallest absolute Gasteiger partial charge is 0.183 e. The maximum Gasteiger partial charge on any atom is 0.183 e. The monoisotopic (exact) mass is 392 g/mol. The third-order valence-corrected chi connectivity index (χ3v) is 5.66. The first-order valence-electron chi connectivity index (χ1n) is 10.8. The van der Waals surface area contributed by atoms with E-state index in [1.807, 2.05) is 0 Å². The molecule has 3 heteroatoms. The molecule has 1 aliphatic rings. The second-order valence-electron chi connectivity index (χ2n) is 7.63. The van der Waals surface area contributed by atoms with Crippen LogP contribution in [0.5, 0.6) is 11.5 Å². The van der Waals surface area contributed by atoms with E-state index in [1.165, 1.54) is 48.1 Å².